The molecule has 0 unspecified atom stereocenters. The van der Waals surface area contributed by atoms with Gasteiger partial charge in [0.2, 0.25) is 0 Å². The van der Waals surface area contributed by atoms with Crippen LogP contribution >= 0.6 is 0 Å². The number of amides is 1. The van der Waals surface area contributed by atoms with Crippen LogP contribution in [0, 0.1) is 0 Å². The summed E-state index contributed by atoms with van der Waals surface area (Å²) >= 11 is 0. The van der Waals surface area contributed by atoms with Crippen LogP contribution in [0.5, 0.6) is 5.75 Å². The molecule has 1 aromatic carbocycles. The van der Waals surface area contributed by atoms with Crippen LogP contribution in [0.2, 0.25) is 0 Å². The average molecular weight is 327 g/mol. The van der Waals surface area contributed by atoms with Crippen LogP contribution in [0.3, 0.4) is 0 Å². The second-order valence-corrected chi connectivity index (χ2v) is 5.38. The maximum absolute atomic E-state index is 12.1. The van der Waals surface area contributed by atoms with Crippen molar-refractivity contribution in [3.8, 4) is 5.75 Å². The summed E-state index contributed by atoms with van der Waals surface area (Å²) in [5.41, 5.74) is 1.19. The Balaban J connectivity index is 1.52. The van der Waals surface area contributed by atoms with Gasteiger partial charge in [-0.25, -0.2) is 4.79 Å². The van der Waals surface area contributed by atoms with Crippen molar-refractivity contribution < 1.29 is 23.5 Å². The number of furan rings is 1. The Morgan fingerprint density at radius 2 is 2.08 bits per heavy atom. The van der Waals surface area contributed by atoms with Crippen molar-refractivity contribution in [3.05, 3.63) is 59.6 Å². The number of hydrogen-bond acceptors (Lipinski definition) is 5. The minimum Gasteiger partial charge on any atom is -0.488 e. The predicted octanol–water partition coefficient (Wildman–Crippen LogP) is 2.48. The van der Waals surface area contributed by atoms with Crippen LogP contribution in [-0.4, -0.2) is 25.1 Å². The van der Waals surface area contributed by atoms with E-state index in [0.717, 1.165) is 11.3 Å². The third-order valence-electron chi connectivity index (χ3n) is 3.58. The van der Waals surface area contributed by atoms with E-state index < -0.39 is 11.9 Å². The van der Waals surface area contributed by atoms with Crippen LogP contribution in [-0.2, 0) is 14.3 Å². The molecule has 24 heavy (non-hydrogen) atoms. The fraction of sp³-hybridized carbons (Fsp3) is 0.222. The van der Waals surface area contributed by atoms with Gasteiger partial charge in [0, 0.05) is 5.56 Å². The van der Waals surface area contributed by atoms with Crippen molar-refractivity contribution in [2.75, 3.05) is 13.2 Å². The van der Waals surface area contributed by atoms with Gasteiger partial charge in [0.15, 0.2) is 6.61 Å². The first kappa shape index (κ1) is 15.9. The molecule has 0 aliphatic carbocycles. The molecule has 3 rings (SSSR count). The highest BCUT2D eigenvalue weighted by atomic mass is 16.5. The summed E-state index contributed by atoms with van der Waals surface area (Å²) in [6.07, 6.45) is 3.25. The first-order chi connectivity index (χ1) is 11.6. The standard InChI is InChI=1S/C18H17NO5/c1-12(15-7-4-8-22-15)19-17(20)11-24-18(21)14-9-13-5-2-3-6-16(13)23-10-14/h2-9,12H,10-11H2,1H3,(H,19,20)/t12-/m0/s1. The monoisotopic (exact) mass is 327 g/mol. The van der Waals surface area contributed by atoms with Gasteiger partial charge >= 0.3 is 5.97 Å². The number of esters is 1. The van der Waals surface area contributed by atoms with E-state index in [1.165, 1.54) is 6.26 Å². The maximum atomic E-state index is 12.1. The van der Waals surface area contributed by atoms with E-state index in [9.17, 15) is 9.59 Å². The zero-order chi connectivity index (χ0) is 16.9. The zero-order valence-electron chi connectivity index (χ0n) is 13.2. The first-order valence-corrected chi connectivity index (χ1v) is 7.56. The lowest BCUT2D eigenvalue weighted by molar-refractivity contribution is -0.145. The molecule has 1 aliphatic rings. The summed E-state index contributed by atoms with van der Waals surface area (Å²) in [5, 5.41) is 2.70. The highest BCUT2D eigenvalue weighted by Gasteiger charge is 2.20. The van der Waals surface area contributed by atoms with Crippen LogP contribution in [0.15, 0.2) is 52.7 Å². The average Bonchev–Trinajstić information content (AvgIpc) is 3.14. The molecule has 0 fully saturated rings. The third kappa shape index (κ3) is 3.65. The summed E-state index contributed by atoms with van der Waals surface area (Å²) in [5.74, 6) is 0.393. The van der Waals surface area contributed by atoms with Crippen molar-refractivity contribution in [3.63, 3.8) is 0 Å². The summed E-state index contributed by atoms with van der Waals surface area (Å²) < 4.78 is 15.7. The quantitative estimate of drug-likeness (QED) is 0.854. The van der Waals surface area contributed by atoms with Crippen molar-refractivity contribution in [2.45, 2.75) is 13.0 Å². The number of nitrogens with one attached hydrogen (secondary N) is 1. The van der Waals surface area contributed by atoms with E-state index in [2.05, 4.69) is 5.32 Å². The molecule has 0 radical (unpaired) electrons. The summed E-state index contributed by atoms with van der Waals surface area (Å²) in [4.78, 5) is 23.9. The van der Waals surface area contributed by atoms with Crippen LogP contribution in [0.25, 0.3) is 6.08 Å². The zero-order valence-corrected chi connectivity index (χ0v) is 13.2. The highest BCUT2D eigenvalue weighted by molar-refractivity contribution is 5.96. The minimum atomic E-state index is -0.565. The summed E-state index contributed by atoms with van der Waals surface area (Å²) in [6.45, 7) is 1.55. The topological polar surface area (TPSA) is 77.8 Å². The van der Waals surface area contributed by atoms with E-state index in [0.29, 0.717) is 11.3 Å². The molecule has 0 bridgehead atoms. The Kier molecular flexibility index (Phi) is 4.65. The predicted molar refractivity (Wildman–Crippen MR) is 86.1 cm³/mol. The van der Waals surface area contributed by atoms with E-state index in [-0.39, 0.29) is 19.3 Å². The molecule has 1 atom stereocenters. The highest BCUT2D eigenvalue weighted by Crippen LogP contribution is 2.26. The molecule has 1 amide bonds. The van der Waals surface area contributed by atoms with Gasteiger partial charge in [-0.2, -0.15) is 0 Å². The lowest BCUT2D eigenvalue weighted by atomic mass is 10.1. The number of rotatable bonds is 5. The van der Waals surface area contributed by atoms with E-state index in [1.807, 2.05) is 24.3 Å². The van der Waals surface area contributed by atoms with E-state index in [1.54, 1.807) is 25.1 Å². The molecule has 0 saturated carbocycles. The Morgan fingerprint density at radius 3 is 2.88 bits per heavy atom. The van der Waals surface area contributed by atoms with Gasteiger partial charge < -0.3 is 19.2 Å². The van der Waals surface area contributed by atoms with Gasteiger partial charge in [-0.3, -0.25) is 4.79 Å². The van der Waals surface area contributed by atoms with E-state index in [4.69, 9.17) is 13.9 Å². The van der Waals surface area contributed by atoms with Crippen molar-refractivity contribution in [1.29, 1.82) is 0 Å². The van der Waals surface area contributed by atoms with Crippen LogP contribution in [0.4, 0.5) is 0 Å². The number of benzene rings is 1. The maximum Gasteiger partial charge on any atom is 0.338 e. The number of carbonyl (C=O) groups excluding carboxylic acids is 2. The normalized spacial score (nSPS) is 14.0. The molecule has 124 valence electrons. The SMILES string of the molecule is C[C@H](NC(=O)COC(=O)C1=Cc2ccccc2OC1)c1ccco1. The lowest BCUT2D eigenvalue weighted by Crippen LogP contribution is -2.31. The van der Waals surface area contributed by atoms with Crippen LogP contribution < -0.4 is 10.1 Å². The Bertz CT molecular complexity index is 763. The van der Waals surface area contributed by atoms with Gasteiger partial charge in [0.05, 0.1) is 17.9 Å². The van der Waals surface area contributed by atoms with Crippen LogP contribution in [0.1, 0.15) is 24.3 Å². The van der Waals surface area contributed by atoms with Crippen molar-refractivity contribution in [2.24, 2.45) is 0 Å². The molecule has 1 aliphatic heterocycles. The molecular formula is C18H17NO5. The van der Waals surface area contributed by atoms with Gasteiger partial charge in [-0.1, -0.05) is 18.2 Å². The number of fused-ring (bicyclic) bond motifs is 1. The number of hydrogen-bond donors (Lipinski definition) is 1. The number of carbonyl (C=O) groups is 2. The molecule has 6 heteroatoms. The third-order valence-corrected chi connectivity index (χ3v) is 3.58. The fourth-order valence-corrected chi connectivity index (χ4v) is 2.35. The fourth-order valence-electron chi connectivity index (χ4n) is 2.35. The first-order valence-electron chi connectivity index (χ1n) is 7.56. The van der Waals surface area contributed by atoms with Gasteiger partial charge in [0.1, 0.15) is 18.1 Å². The minimum absolute atomic E-state index is 0.125. The Morgan fingerprint density at radius 1 is 1.25 bits per heavy atom. The van der Waals surface area contributed by atoms with Crippen molar-refractivity contribution >= 4 is 18.0 Å². The Hall–Kier alpha value is -3.02. The summed E-state index contributed by atoms with van der Waals surface area (Å²) in [6, 6.07) is 10.6. The van der Waals surface area contributed by atoms with Gasteiger partial charge in [0.25, 0.3) is 5.91 Å². The lowest BCUT2D eigenvalue weighted by Gasteiger charge is -2.17. The van der Waals surface area contributed by atoms with Crippen molar-refractivity contribution in [1.82, 2.24) is 5.32 Å². The smallest absolute Gasteiger partial charge is 0.338 e. The molecule has 1 N–H and O–H groups in total. The molecule has 6 nitrogen and oxygen atoms in total. The molecule has 0 saturated heterocycles. The largest absolute Gasteiger partial charge is 0.488 e. The molecule has 0 spiro atoms. The second kappa shape index (κ2) is 7.04. The molecule has 2 heterocycles. The summed E-state index contributed by atoms with van der Waals surface area (Å²) in [7, 11) is 0. The number of ether oxygens (including phenoxy) is 2. The van der Waals surface area contributed by atoms with E-state index >= 15 is 0 Å². The van der Waals surface area contributed by atoms with Gasteiger partial charge in [-0.15, -0.1) is 0 Å². The molecular weight excluding hydrogens is 310 g/mol. The molecule has 2 aromatic rings. The van der Waals surface area contributed by atoms with Gasteiger partial charge in [-0.05, 0) is 31.2 Å². The molecule has 1 aromatic heterocycles. The number of para-hydroxylation sites is 1. The Labute approximate surface area is 139 Å². The second-order valence-electron chi connectivity index (χ2n) is 5.38.